The molecule has 156 valence electrons. The number of piperazine rings is 1. The van der Waals surface area contributed by atoms with Gasteiger partial charge in [0.1, 0.15) is 11.6 Å². The monoisotopic (exact) mass is 423 g/mol. The Morgan fingerprint density at radius 3 is 2.57 bits per heavy atom. The van der Waals surface area contributed by atoms with E-state index in [1.807, 2.05) is 55.6 Å². The van der Waals surface area contributed by atoms with Crippen molar-refractivity contribution in [2.75, 3.05) is 31.1 Å². The molecule has 4 rings (SSSR count). The van der Waals surface area contributed by atoms with E-state index in [2.05, 4.69) is 26.8 Å². The van der Waals surface area contributed by atoms with Gasteiger partial charge in [-0.1, -0.05) is 30.0 Å². The zero-order valence-electron chi connectivity index (χ0n) is 17.1. The number of imidazole rings is 1. The van der Waals surface area contributed by atoms with Crippen molar-refractivity contribution < 1.29 is 9.53 Å². The highest BCUT2D eigenvalue weighted by Gasteiger charge is 2.23. The molecule has 0 radical (unpaired) electrons. The molecule has 3 aromatic rings. The number of amides is 1. The second kappa shape index (κ2) is 9.21. The maximum Gasteiger partial charge on any atom is 0.415 e. The normalized spacial score (nSPS) is 15.1. The maximum atomic E-state index is 12.5. The summed E-state index contributed by atoms with van der Waals surface area (Å²) in [6.45, 7) is 6.82. The van der Waals surface area contributed by atoms with Gasteiger partial charge in [-0.2, -0.15) is 0 Å². The number of aryl methyl sites for hydroxylation is 1. The number of anilines is 1. The van der Waals surface area contributed by atoms with Gasteiger partial charge < -0.3 is 19.5 Å². The minimum atomic E-state index is -0.308. The van der Waals surface area contributed by atoms with Crippen molar-refractivity contribution in [1.82, 2.24) is 19.9 Å². The number of ether oxygens (including phenoxy) is 1. The van der Waals surface area contributed by atoms with Crippen LogP contribution in [0.5, 0.6) is 5.75 Å². The van der Waals surface area contributed by atoms with Gasteiger partial charge in [0.05, 0.1) is 0 Å². The number of pyridine rings is 1. The lowest BCUT2D eigenvalue weighted by atomic mass is 10.1. The van der Waals surface area contributed by atoms with Crippen LogP contribution in [0.3, 0.4) is 0 Å². The molecule has 1 unspecified atom stereocenters. The smallest absolute Gasteiger partial charge is 0.410 e. The Kier molecular flexibility index (Phi) is 6.23. The second-order valence-electron chi connectivity index (χ2n) is 7.20. The van der Waals surface area contributed by atoms with Crippen LogP contribution in [-0.2, 0) is 0 Å². The maximum absolute atomic E-state index is 12.5. The van der Waals surface area contributed by atoms with Crippen LogP contribution in [0.1, 0.15) is 23.4 Å². The molecule has 1 N–H and O–H groups in total. The second-order valence-corrected chi connectivity index (χ2v) is 8.53. The van der Waals surface area contributed by atoms with Gasteiger partial charge in [-0.15, -0.1) is 0 Å². The van der Waals surface area contributed by atoms with E-state index in [4.69, 9.17) is 4.74 Å². The first-order valence-electron chi connectivity index (χ1n) is 10.00. The molecule has 1 saturated heterocycles. The first kappa shape index (κ1) is 20.3. The Balaban J connectivity index is 1.29. The molecule has 0 bridgehead atoms. The van der Waals surface area contributed by atoms with Crippen molar-refractivity contribution in [2.24, 2.45) is 0 Å². The number of thioether (sulfide) groups is 1. The van der Waals surface area contributed by atoms with E-state index in [0.717, 1.165) is 35.3 Å². The van der Waals surface area contributed by atoms with E-state index in [9.17, 15) is 4.79 Å². The van der Waals surface area contributed by atoms with E-state index < -0.39 is 0 Å². The number of carbonyl (C=O) groups is 1. The molecule has 1 aliphatic rings. The Bertz CT molecular complexity index is 969. The molecular formula is C22H25N5O2S. The highest BCUT2D eigenvalue weighted by Crippen LogP contribution is 2.33. The average molecular weight is 424 g/mol. The number of aromatic nitrogens is 3. The summed E-state index contributed by atoms with van der Waals surface area (Å²) in [5, 5.41) is 1.13. The fraction of sp³-hybridized carbons (Fsp3) is 0.318. The van der Waals surface area contributed by atoms with Gasteiger partial charge in [0.15, 0.2) is 5.16 Å². The molecule has 30 heavy (non-hydrogen) atoms. The van der Waals surface area contributed by atoms with Crippen LogP contribution in [0, 0.1) is 6.92 Å². The van der Waals surface area contributed by atoms with Crippen molar-refractivity contribution >= 4 is 23.7 Å². The van der Waals surface area contributed by atoms with Gasteiger partial charge in [-0.25, -0.2) is 14.8 Å². The highest BCUT2D eigenvalue weighted by molar-refractivity contribution is 7.99. The number of hydrogen-bond donors (Lipinski definition) is 1. The quantitative estimate of drug-likeness (QED) is 0.617. The number of aromatic amines is 1. The summed E-state index contributed by atoms with van der Waals surface area (Å²) >= 11 is 1.65. The number of hydrogen-bond acceptors (Lipinski definition) is 6. The van der Waals surface area contributed by atoms with Crippen molar-refractivity contribution in [3.63, 3.8) is 0 Å². The third-order valence-electron chi connectivity index (χ3n) is 5.05. The fourth-order valence-electron chi connectivity index (χ4n) is 3.35. The number of carbonyl (C=O) groups excluding carboxylic acids is 1. The first-order valence-corrected chi connectivity index (χ1v) is 10.9. The lowest BCUT2D eigenvalue weighted by Crippen LogP contribution is -2.49. The molecule has 1 fully saturated rings. The van der Waals surface area contributed by atoms with Gasteiger partial charge >= 0.3 is 6.09 Å². The summed E-state index contributed by atoms with van der Waals surface area (Å²) in [7, 11) is 0. The minimum Gasteiger partial charge on any atom is -0.410 e. The summed E-state index contributed by atoms with van der Waals surface area (Å²) in [4.78, 5) is 28.4. The summed E-state index contributed by atoms with van der Waals surface area (Å²) in [5.74, 6) is 1.52. The predicted molar refractivity (Wildman–Crippen MR) is 118 cm³/mol. The van der Waals surface area contributed by atoms with Gasteiger partial charge in [-0.3, -0.25) is 0 Å². The molecule has 2 aromatic heterocycles. The van der Waals surface area contributed by atoms with Crippen LogP contribution in [0.2, 0.25) is 0 Å². The van der Waals surface area contributed by atoms with E-state index in [-0.39, 0.29) is 11.3 Å². The van der Waals surface area contributed by atoms with Gasteiger partial charge in [0, 0.05) is 49.5 Å². The fourth-order valence-corrected chi connectivity index (χ4v) is 4.23. The van der Waals surface area contributed by atoms with Crippen LogP contribution in [-0.4, -0.2) is 52.1 Å². The van der Waals surface area contributed by atoms with E-state index in [1.165, 1.54) is 0 Å². The van der Waals surface area contributed by atoms with Crippen LogP contribution < -0.4 is 9.64 Å². The summed E-state index contributed by atoms with van der Waals surface area (Å²) in [6, 6.07) is 13.7. The van der Waals surface area contributed by atoms with Gasteiger partial charge in [0.25, 0.3) is 0 Å². The summed E-state index contributed by atoms with van der Waals surface area (Å²) in [6.07, 6.45) is 3.25. The number of benzene rings is 1. The molecule has 1 atom stereocenters. The Labute approximate surface area is 180 Å². The molecule has 8 heteroatoms. The lowest BCUT2D eigenvalue weighted by molar-refractivity contribution is 0.149. The van der Waals surface area contributed by atoms with Crippen LogP contribution in [0.15, 0.2) is 60.0 Å². The molecular weight excluding hydrogens is 398 g/mol. The molecule has 0 aliphatic carbocycles. The third-order valence-corrected chi connectivity index (χ3v) is 6.12. The lowest BCUT2D eigenvalue weighted by Gasteiger charge is -2.34. The van der Waals surface area contributed by atoms with E-state index in [1.54, 1.807) is 22.9 Å². The van der Waals surface area contributed by atoms with Crippen LogP contribution >= 0.6 is 11.8 Å². The van der Waals surface area contributed by atoms with Crippen molar-refractivity contribution in [3.05, 3.63) is 66.1 Å². The number of H-pyrrole nitrogens is 1. The van der Waals surface area contributed by atoms with E-state index in [0.29, 0.717) is 18.8 Å². The van der Waals surface area contributed by atoms with Gasteiger partial charge in [-0.05, 0) is 43.7 Å². The number of rotatable bonds is 5. The third kappa shape index (κ3) is 4.94. The Morgan fingerprint density at radius 2 is 1.90 bits per heavy atom. The molecule has 1 aromatic carbocycles. The zero-order valence-corrected chi connectivity index (χ0v) is 17.9. The van der Waals surface area contributed by atoms with Crippen molar-refractivity contribution in [2.45, 2.75) is 24.3 Å². The van der Waals surface area contributed by atoms with Crippen LogP contribution in [0.25, 0.3) is 0 Å². The molecule has 0 saturated carbocycles. The molecule has 0 spiro atoms. The number of nitrogens with zero attached hydrogens (tertiary/aromatic N) is 4. The SMILES string of the molecule is Cc1cccc(N2CCN(C(=O)Oc3ccc(C(C)Sc4ncc[nH]4)cc3)CC2)n1. The topological polar surface area (TPSA) is 74.3 Å². The first-order chi connectivity index (χ1) is 14.6. The molecule has 7 nitrogen and oxygen atoms in total. The zero-order chi connectivity index (χ0) is 20.9. The highest BCUT2D eigenvalue weighted by atomic mass is 32.2. The Hall–Kier alpha value is -3.00. The minimum absolute atomic E-state index is 0.240. The molecule has 1 aliphatic heterocycles. The standard InChI is InChI=1S/C22H25N5O2S/c1-16-4-3-5-20(25-16)26-12-14-27(15-13-26)22(28)29-19-8-6-18(7-9-19)17(2)30-21-23-10-11-24-21/h3-11,17H,12-15H2,1-2H3,(H,23,24). The average Bonchev–Trinajstić information content (AvgIpc) is 3.27. The molecule has 3 heterocycles. The van der Waals surface area contributed by atoms with Crippen molar-refractivity contribution in [1.29, 1.82) is 0 Å². The van der Waals surface area contributed by atoms with Crippen LogP contribution in [0.4, 0.5) is 10.6 Å². The summed E-state index contributed by atoms with van der Waals surface area (Å²) < 4.78 is 5.58. The van der Waals surface area contributed by atoms with Crippen molar-refractivity contribution in [3.8, 4) is 5.75 Å². The largest absolute Gasteiger partial charge is 0.415 e. The molecule has 1 amide bonds. The van der Waals surface area contributed by atoms with E-state index >= 15 is 0 Å². The predicted octanol–water partition coefficient (Wildman–Crippen LogP) is 4.29. The number of nitrogens with one attached hydrogen (secondary N) is 1. The Morgan fingerprint density at radius 1 is 1.13 bits per heavy atom. The summed E-state index contributed by atoms with van der Waals surface area (Å²) in [5.41, 5.74) is 2.14. The van der Waals surface area contributed by atoms with Gasteiger partial charge in [0.2, 0.25) is 0 Å².